The smallest absolute Gasteiger partial charge is 0.151 e. The highest BCUT2D eigenvalue weighted by atomic mass is 35.5. The molecular weight excluding hydrogens is 339 g/mol. The third-order valence-electron chi connectivity index (χ3n) is 4.73. The zero-order valence-electron chi connectivity index (χ0n) is 13.3. The summed E-state index contributed by atoms with van der Waals surface area (Å²) in [7, 11) is 0. The van der Waals surface area contributed by atoms with Crippen LogP contribution in [0.4, 0.5) is 4.39 Å². The first-order chi connectivity index (χ1) is 12.2. The lowest BCUT2D eigenvalue weighted by Gasteiger charge is -2.08. The minimum Gasteiger partial charge on any atom is -0.306 e. The molecule has 4 heterocycles. The second-order valence-corrected chi connectivity index (χ2v) is 6.62. The van der Waals surface area contributed by atoms with E-state index >= 15 is 0 Å². The summed E-state index contributed by atoms with van der Waals surface area (Å²) in [6.45, 7) is 0.859. The van der Waals surface area contributed by atoms with Gasteiger partial charge in [-0.2, -0.15) is 5.10 Å². The summed E-state index contributed by atoms with van der Waals surface area (Å²) in [4.78, 5) is 4.28. The van der Waals surface area contributed by atoms with E-state index in [9.17, 15) is 4.39 Å². The molecule has 3 aromatic heterocycles. The number of hydrogen-bond donors (Lipinski definition) is 0. The van der Waals surface area contributed by atoms with Gasteiger partial charge in [-0.15, -0.1) is 0 Å². The molecule has 0 N–H and O–H groups in total. The first kappa shape index (κ1) is 14.7. The van der Waals surface area contributed by atoms with E-state index in [4.69, 9.17) is 16.7 Å². The quantitative estimate of drug-likeness (QED) is 0.528. The average Bonchev–Trinajstić information content (AvgIpc) is 3.31. The molecule has 0 aliphatic carbocycles. The van der Waals surface area contributed by atoms with Crippen molar-refractivity contribution in [2.45, 2.75) is 19.4 Å². The fourth-order valence-electron chi connectivity index (χ4n) is 3.58. The van der Waals surface area contributed by atoms with Crippen molar-refractivity contribution in [1.29, 1.82) is 0 Å². The number of benzene rings is 1. The Bertz CT molecular complexity index is 1110. The highest BCUT2D eigenvalue weighted by molar-refractivity contribution is 6.31. The number of pyridine rings is 1. The van der Waals surface area contributed by atoms with Gasteiger partial charge in [-0.05, 0) is 37.1 Å². The summed E-state index contributed by atoms with van der Waals surface area (Å²) in [5.41, 5.74) is 5.10. The van der Waals surface area contributed by atoms with E-state index in [1.165, 1.54) is 0 Å². The summed E-state index contributed by atoms with van der Waals surface area (Å²) in [6.07, 6.45) is 7.68. The minimum absolute atomic E-state index is 0.113. The monoisotopic (exact) mass is 352 g/mol. The summed E-state index contributed by atoms with van der Waals surface area (Å²) in [5.74, 6) is -0.425. The Kier molecular flexibility index (Phi) is 3.18. The number of hydrogen-bond acceptors (Lipinski definition) is 2. The van der Waals surface area contributed by atoms with Crippen molar-refractivity contribution in [1.82, 2.24) is 19.2 Å². The van der Waals surface area contributed by atoms with Gasteiger partial charge >= 0.3 is 0 Å². The molecule has 0 saturated carbocycles. The summed E-state index contributed by atoms with van der Waals surface area (Å²) < 4.78 is 18.6. The maximum atomic E-state index is 14.7. The molecule has 4 nitrogen and oxygen atoms in total. The van der Waals surface area contributed by atoms with Gasteiger partial charge in [-0.25, -0.2) is 9.37 Å². The predicted octanol–water partition coefficient (Wildman–Crippen LogP) is 4.60. The zero-order chi connectivity index (χ0) is 17.0. The van der Waals surface area contributed by atoms with Gasteiger partial charge in [0.1, 0.15) is 11.3 Å². The van der Waals surface area contributed by atoms with Crippen LogP contribution in [-0.4, -0.2) is 19.2 Å². The number of aromatic nitrogens is 4. The van der Waals surface area contributed by atoms with Crippen LogP contribution in [0.15, 0.2) is 48.9 Å². The molecule has 0 unspecified atom stereocenters. The standard InChI is InChI=1S/C19H14ClFN4/c20-14-4-1-3-13(18(14)21)19-17(15-5-2-9-25(15)23-19)12-6-7-16-22-8-10-24(16)11-12/h1,3-4,6-8,10-11H,2,5,9H2. The van der Waals surface area contributed by atoms with Crippen molar-refractivity contribution in [2.75, 3.05) is 0 Å². The van der Waals surface area contributed by atoms with E-state index in [0.29, 0.717) is 11.3 Å². The van der Waals surface area contributed by atoms with Gasteiger partial charge in [-0.3, -0.25) is 4.68 Å². The fourth-order valence-corrected chi connectivity index (χ4v) is 3.75. The molecule has 1 aliphatic rings. The molecule has 5 rings (SSSR count). The van der Waals surface area contributed by atoms with Crippen LogP contribution in [0.5, 0.6) is 0 Å². The van der Waals surface area contributed by atoms with E-state index in [1.807, 2.05) is 33.6 Å². The Morgan fingerprint density at radius 1 is 1.16 bits per heavy atom. The lowest BCUT2D eigenvalue weighted by atomic mass is 9.98. The zero-order valence-corrected chi connectivity index (χ0v) is 14.0. The molecule has 0 radical (unpaired) electrons. The molecule has 25 heavy (non-hydrogen) atoms. The van der Waals surface area contributed by atoms with Crippen LogP contribution in [0, 0.1) is 5.82 Å². The van der Waals surface area contributed by atoms with E-state index in [0.717, 1.165) is 41.9 Å². The highest BCUT2D eigenvalue weighted by Crippen LogP contribution is 2.39. The molecule has 124 valence electrons. The topological polar surface area (TPSA) is 35.1 Å². The molecule has 0 amide bonds. The Balaban J connectivity index is 1.79. The first-order valence-electron chi connectivity index (χ1n) is 8.19. The summed E-state index contributed by atoms with van der Waals surface area (Å²) >= 11 is 6.00. The van der Waals surface area contributed by atoms with Crippen molar-refractivity contribution < 1.29 is 4.39 Å². The molecule has 0 saturated heterocycles. The van der Waals surface area contributed by atoms with Crippen LogP contribution < -0.4 is 0 Å². The van der Waals surface area contributed by atoms with Crippen LogP contribution in [0.25, 0.3) is 28.0 Å². The fraction of sp³-hybridized carbons (Fsp3) is 0.158. The van der Waals surface area contributed by atoms with Crippen molar-refractivity contribution in [3.63, 3.8) is 0 Å². The third-order valence-corrected chi connectivity index (χ3v) is 5.02. The van der Waals surface area contributed by atoms with Gasteiger partial charge in [0, 0.05) is 47.5 Å². The SMILES string of the molecule is Fc1c(Cl)cccc1-c1nn2c(c1-c1ccc3nccn3c1)CCC2. The van der Waals surface area contributed by atoms with Crippen LogP contribution in [0.2, 0.25) is 5.02 Å². The lowest BCUT2D eigenvalue weighted by Crippen LogP contribution is -1.95. The molecule has 0 bridgehead atoms. The lowest BCUT2D eigenvalue weighted by molar-refractivity contribution is 0.627. The van der Waals surface area contributed by atoms with Crippen LogP contribution >= 0.6 is 11.6 Å². The van der Waals surface area contributed by atoms with Crippen molar-refractivity contribution in [2.24, 2.45) is 0 Å². The Labute approximate surface area is 148 Å². The molecule has 6 heteroatoms. The summed E-state index contributed by atoms with van der Waals surface area (Å²) in [6, 6.07) is 9.03. The molecule has 1 aromatic carbocycles. The highest BCUT2D eigenvalue weighted by Gasteiger charge is 2.26. The molecule has 0 atom stereocenters. The van der Waals surface area contributed by atoms with Gasteiger partial charge in [0.05, 0.1) is 5.02 Å². The number of imidazole rings is 1. The van der Waals surface area contributed by atoms with Gasteiger partial charge in [-0.1, -0.05) is 17.7 Å². The van der Waals surface area contributed by atoms with E-state index in [1.54, 1.807) is 24.4 Å². The molecule has 4 aromatic rings. The van der Waals surface area contributed by atoms with Gasteiger partial charge < -0.3 is 4.40 Å². The maximum Gasteiger partial charge on any atom is 0.151 e. The van der Waals surface area contributed by atoms with Crippen LogP contribution in [0.1, 0.15) is 12.1 Å². The van der Waals surface area contributed by atoms with Gasteiger partial charge in [0.2, 0.25) is 0 Å². The third kappa shape index (κ3) is 2.19. The number of nitrogens with zero attached hydrogens (tertiary/aromatic N) is 4. The molecular formula is C19H14ClFN4. The Hall–Kier alpha value is -2.66. The van der Waals surface area contributed by atoms with Gasteiger partial charge in [0.25, 0.3) is 0 Å². The maximum absolute atomic E-state index is 14.7. The van der Waals surface area contributed by atoms with Crippen LogP contribution in [0.3, 0.4) is 0 Å². The molecule has 0 fully saturated rings. The Morgan fingerprint density at radius 2 is 2.08 bits per heavy atom. The predicted molar refractivity (Wildman–Crippen MR) is 95.1 cm³/mol. The summed E-state index contributed by atoms with van der Waals surface area (Å²) in [5, 5.41) is 4.81. The average molecular weight is 353 g/mol. The number of halogens is 2. The van der Waals surface area contributed by atoms with E-state index in [-0.39, 0.29) is 5.02 Å². The first-order valence-corrected chi connectivity index (χ1v) is 8.57. The van der Waals surface area contributed by atoms with E-state index < -0.39 is 5.82 Å². The number of fused-ring (bicyclic) bond motifs is 2. The van der Waals surface area contributed by atoms with E-state index in [2.05, 4.69) is 4.98 Å². The van der Waals surface area contributed by atoms with Crippen molar-refractivity contribution >= 4 is 17.2 Å². The number of rotatable bonds is 2. The van der Waals surface area contributed by atoms with Crippen LogP contribution in [-0.2, 0) is 13.0 Å². The Morgan fingerprint density at radius 3 is 3.00 bits per heavy atom. The van der Waals surface area contributed by atoms with Crippen molar-refractivity contribution in [3.05, 3.63) is 65.5 Å². The second-order valence-electron chi connectivity index (χ2n) is 6.21. The largest absolute Gasteiger partial charge is 0.306 e. The normalized spacial score (nSPS) is 13.5. The second kappa shape index (κ2) is 5.43. The minimum atomic E-state index is -0.425. The molecule has 1 aliphatic heterocycles. The number of aryl methyl sites for hydroxylation is 1. The molecule has 0 spiro atoms. The van der Waals surface area contributed by atoms with Crippen molar-refractivity contribution in [3.8, 4) is 22.4 Å². The van der Waals surface area contributed by atoms with Gasteiger partial charge in [0.15, 0.2) is 5.82 Å².